The molecule has 0 aliphatic carbocycles. The summed E-state index contributed by atoms with van der Waals surface area (Å²) in [7, 11) is 0. The third-order valence-electron chi connectivity index (χ3n) is 3.17. The minimum atomic E-state index is -0.551. The topological polar surface area (TPSA) is 64.4 Å². The summed E-state index contributed by atoms with van der Waals surface area (Å²) in [5, 5.41) is 2.34. The summed E-state index contributed by atoms with van der Waals surface area (Å²) in [6.07, 6.45) is 8.71. The van der Waals surface area contributed by atoms with Crippen LogP contribution in [-0.2, 0) is 4.79 Å². The summed E-state index contributed by atoms with van der Waals surface area (Å²) < 4.78 is 6.24. The Bertz CT molecular complexity index is 917. The fraction of sp³-hybridized carbons (Fsp3) is 0.0588. The van der Waals surface area contributed by atoms with E-state index in [1.807, 2.05) is 12.2 Å². The van der Waals surface area contributed by atoms with Gasteiger partial charge in [-0.2, -0.15) is 11.6 Å². The number of thiazole rings is 1. The molecule has 0 aromatic carbocycles. The summed E-state index contributed by atoms with van der Waals surface area (Å²) in [6.45, 7) is 7.96. The van der Waals surface area contributed by atoms with Gasteiger partial charge in [0.15, 0.2) is 0 Å². The van der Waals surface area contributed by atoms with E-state index in [0.29, 0.717) is 6.56 Å². The minimum Gasteiger partial charge on any atom is -0.406 e. The van der Waals surface area contributed by atoms with Crippen LogP contribution in [0.1, 0.15) is 5.01 Å². The lowest BCUT2D eigenvalue weighted by atomic mass is 9.96. The number of esters is 1. The number of hydrogen-bond donors (Lipinski definition) is 0. The van der Waals surface area contributed by atoms with Gasteiger partial charge < -0.3 is 4.74 Å². The van der Waals surface area contributed by atoms with Crippen LogP contribution in [0.3, 0.4) is 0 Å². The van der Waals surface area contributed by atoms with Gasteiger partial charge in [0.05, 0.1) is 9.88 Å². The normalized spacial score (nSPS) is 17.8. The first-order valence-corrected chi connectivity index (χ1v) is 9.27. The molecule has 3 heterocycles. The summed E-state index contributed by atoms with van der Waals surface area (Å²) in [5.41, 5.74) is 0. The van der Waals surface area contributed by atoms with Crippen molar-refractivity contribution in [2.75, 3.05) is 0 Å². The molecule has 0 bridgehead atoms. The van der Waals surface area contributed by atoms with Gasteiger partial charge in [0.25, 0.3) is 0 Å². The highest BCUT2D eigenvalue weighted by Crippen LogP contribution is 2.22. The Morgan fingerprint density at radius 3 is 2.84 bits per heavy atom. The van der Waals surface area contributed by atoms with E-state index in [-0.39, 0.29) is 5.88 Å². The second-order valence-corrected chi connectivity index (χ2v) is 6.96. The molecule has 0 spiro atoms. The molecule has 1 unspecified atom stereocenters. The predicted molar refractivity (Wildman–Crippen MR) is 106 cm³/mol. The number of allylic oxidation sites excluding steroid dienone is 2. The lowest BCUT2D eigenvalue weighted by Gasteiger charge is -2.04. The number of aromatic nitrogens is 2. The van der Waals surface area contributed by atoms with Gasteiger partial charge in [0.1, 0.15) is 16.0 Å². The summed E-state index contributed by atoms with van der Waals surface area (Å²) in [5.74, 6) is -0.681. The average molecular weight is 367 g/mol. The van der Waals surface area contributed by atoms with Crippen LogP contribution in [0.2, 0.25) is 0 Å². The first kappa shape index (κ1) is 17.4. The second-order valence-electron chi connectivity index (χ2n) is 4.92. The van der Waals surface area contributed by atoms with Crippen LogP contribution in [0.15, 0.2) is 54.7 Å². The third kappa shape index (κ3) is 4.15. The molecular weight excluding hydrogens is 353 g/mol. The van der Waals surface area contributed by atoms with Crippen molar-refractivity contribution in [3.05, 3.63) is 64.6 Å². The van der Waals surface area contributed by atoms with Crippen LogP contribution in [0.4, 0.5) is 0 Å². The zero-order chi connectivity index (χ0) is 17.6. The molecule has 8 heteroatoms. The fourth-order valence-electron chi connectivity index (χ4n) is 2.08. The predicted octanol–water partition coefficient (Wildman–Crippen LogP) is 1.25. The Hall–Kier alpha value is -2.45. The van der Waals surface area contributed by atoms with E-state index in [4.69, 9.17) is 4.74 Å². The molecule has 124 valence electrons. The van der Waals surface area contributed by atoms with Crippen molar-refractivity contribution in [2.24, 2.45) is 4.99 Å². The van der Waals surface area contributed by atoms with E-state index < -0.39 is 11.9 Å². The van der Waals surface area contributed by atoms with Crippen molar-refractivity contribution >= 4 is 52.7 Å². The minimum absolute atomic E-state index is 0.279. The molecule has 0 amide bonds. The van der Waals surface area contributed by atoms with E-state index >= 15 is 0 Å². The Balaban J connectivity index is 1.82. The molecule has 0 saturated heterocycles. The van der Waals surface area contributed by atoms with Crippen molar-refractivity contribution in [2.45, 2.75) is 5.94 Å². The van der Waals surface area contributed by atoms with Crippen LogP contribution in [-0.4, -0.2) is 33.5 Å². The maximum Gasteiger partial charge on any atom is 0.330 e. The number of carbonyl (C=O) groups excluding carboxylic acids is 1. The fourth-order valence-corrected chi connectivity index (χ4v) is 4.16. The second kappa shape index (κ2) is 8.09. The number of hydrogen-bond acceptors (Lipinski definition) is 7. The first-order valence-electron chi connectivity index (χ1n) is 7.47. The first-order chi connectivity index (χ1) is 12.2. The Kier molecular flexibility index (Phi) is 5.62. The van der Waals surface area contributed by atoms with Gasteiger partial charge in [-0.3, -0.25) is 9.79 Å². The number of rotatable bonds is 5. The van der Waals surface area contributed by atoms with E-state index in [0.717, 1.165) is 19.9 Å². The molecule has 1 aliphatic heterocycles. The molecule has 0 saturated carbocycles. The monoisotopic (exact) mass is 367 g/mol. The van der Waals surface area contributed by atoms with Crippen LogP contribution < -0.4 is 14.6 Å². The highest BCUT2D eigenvalue weighted by atomic mass is 32.2. The number of carbonyl (C=O) groups is 1. The summed E-state index contributed by atoms with van der Waals surface area (Å²) >= 11 is 3.00. The third-order valence-corrected chi connectivity index (χ3v) is 5.40. The smallest absolute Gasteiger partial charge is 0.330 e. The van der Waals surface area contributed by atoms with Gasteiger partial charge in [-0.15, -0.1) is 11.3 Å². The molecule has 5 nitrogen and oxygen atoms in total. The number of ether oxygens (including phenoxy) is 1. The van der Waals surface area contributed by atoms with E-state index in [2.05, 4.69) is 28.1 Å². The van der Waals surface area contributed by atoms with Gasteiger partial charge in [0, 0.05) is 12.3 Å². The molecule has 3 rings (SSSR count). The molecule has 0 radical (unpaired) electrons. The van der Waals surface area contributed by atoms with Crippen LogP contribution in [0.5, 0.6) is 5.88 Å². The van der Waals surface area contributed by atoms with Gasteiger partial charge in [-0.05, 0) is 18.2 Å². The molecule has 0 fully saturated rings. The lowest BCUT2D eigenvalue weighted by Crippen LogP contribution is -2.26. The molecule has 25 heavy (non-hydrogen) atoms. The lowest BCUT2D eigenvalue weighted by molar-refractivity contribution is -0.134. The van der Waals surface area contributed by atoms with Gasteiger partial charge in [-0.1, -0.05) is 31.4 Å². The highest BCUT2D eigenvalue weighted by molar-refractivity contribution is 8.35. The maximum absolute atomic E-state index is 12.2. The maximum atomic E-state index is 12.2. The van der Waals surface area contributed by atoms with E-state index in [1.54, 1.807) is 36.5 Å². The molecule has 2 aromatic heterocycles. The van der Waals surface area contributed by atoms with Crippen molar-refractivity contribution in [1.82, 2.24) is 9.97 Å². The van der Waals surface area contributed by atoms with Crippen molar-refractivity contribution in [1.29, 1.82) is 0 Å². The summed E-state index contributed by atoms with van der Waals surface area (Å²) in [6, 6.07) is 5.16. The van der Waals surface area contributed by atoms with Crippen molar-refractivity contribution < 1.29 is 9.53 Å². The van der Waals surface area contributed by atoms with Crippen molar-refractivity contribution in [3.63, 3.8) is 0 Å². The molecule has 0 N–H and O–H groups in total. The SMILES string of the molecule is C=C/C=c1/nc(C2=NC(C(=O)Oc3ccccn3)BS2)s/c1=C/C=C. The average Bonchev–Trinajstić information content (AvgIpc) is 3.24. The van der Waals surface area contributed by atoms with Gasteiger partial charge in [0.2, 0.25) is 12.4 Å². The van der Waals surface area contributed by atoms with E-state index in [1.165, 1.54) is 22.9 Å². The molecule has 1 aliphatic rings. The largest absolute Gasteiger partial charge is 0.406 e. The van der Waals surface area contributed by atoms with Crippen molar-refractivity contribution in [3.8, 4) is 5.88 Å². The molecular formula is C17H14BN3O2S2. The van der Waals surface area contributed by atoms with Gasteiger partial charge in [-0.25, -0.2) is 9.97 Å². The standard InChI is InChI=1S/C17H14BN3O2S2/c1-3-7-11-12(8-4-2)24-15(20-11)16-21-14(18-25-16)17(22)23-13-9-5-6-10-19-13/h3-10,14,18H,1-2H2/b11-7+,12-8+. The van der Waals surface area contributed by atoms with Crippen LogP contribution in [0.25, 0.3) is 12.2 Å². The van der Waals surface area contributed by atoms with E-state index in [9.17, 15) is 4.79 Å². The highest BCUT2D eigenvalue weighted by Gasteiger charge is 2.30. The molecule has 2 aromatic rings. The van der Waals surface area contributed by atoms with Gasteiger partial charge >= 0.3 is 5.97 Å². The Morgan fingerprint density at radius 2 is 2.12 bits per heavy atom. The Labute approximate surface area is 153 Å². The summed E-state index contributed by atoms with van der Waals surface area (Å²) in [4.78, 5) is 25.3. The number of pyridine rings is 1. The molecule has 1 atom stereocenters. The zero-order valence-electron chi connectivity index (χ0n) is 13.3. The number of aliphatic imine (C=N–C) groups is 1. The Morgan fingerprint density at radius 1 is 1.28 bits per heavy atom. The zero-order valence-corrected chi connectivity index (χ0v) is 14.9. The number of nitrogens with zero attached hydrogens (tertiary/aromatic N) is 3. The van der Waals surface area contributed by atoms with Crippen LogP contribution in [0, 0.1) is 0 Å². The quantitative estimate of drug-likeness (QED) is 0.588. The van der Waals surface area contributed by atoms with Crippen LogP contribution >= 0.6 is 22.9 Å².